The highest BCUT2D eigenvalue weighted by molar-refractivity contribution is 7.15. The molecule has 0 spiro atoms. The van der Waals surface area contributed by atoms with E-state index in [0.29, 0.717) is 16.1 Å². The maximum Gasteiger partial charge on any atom is 0.0678 e. The molecule has 90 valence electrons. The van der Waals surface area contributed by atoms with Crippen LogP contribution in [0.1, 0.15) is 17.8 Å². The van der Waals surface area contributed by atoms with E-state index in [2.05, 4.69) is 24.4 Å². The largest absolute Gasteiger partial charge is 0.313 e. The van der Waals surface area contributed by atoms with E-state index in [9.17, 15) is 0 Å². The van der Waals surface area contributed by atoms with Gasteiger partial charge in [0.2, 0.25) is 0 Å². The highest BCUT2D eigenvalue weighted by Gasteiger charge is 2.11. The highest BCUT2D eigenvalue weighted by atomic mass is 35.5. The lowest BCUT2D eigenvalue weighted by Crippen LogP contribution is -2.10. The molecule has 2 rings (SSSR count). The summed E-state index contributed by atoms with van der Waals surface area (Å²) < 4.78 is 0. The van der Waals surface area contributed by atoms with Crippen LogP contribution in [0.2, 0.25) is 10.0 Å². The maximum absolute atomic E-state index is 6.21. The summed E-state index contributed by atoms with van der Waals surface area (Å²) in [6, 6.07) is 10.3. The molecule has 0 fully saturated rings. The van der Waals surface area contributed by atoms with E-state index in [0.717, 1.165) is 10.4 Å². The highest BCUT2D eigenvalue weighted by Crippen LogP contribution is 2.38. The predicted molar refractivity (Wildman–Crippen MR) is 77.2 cm³/mol. The van der Waals surface area contributed by atoms with Gasteiger partial charge in [0.25, 0.3) is 0 Å². The van der Waals surface area contributed by atoms with E-state index in [1.165, 1.54) is 4.88 Å². The zero-order valence-electron chi connectivity index (χ0n) is 9.63. The molecule has 17 heavy (non-hydrogen) atoms. The first-order valence-electron chi connectivity index (χ1n) is 5.35. The van der Waals surface area contributed by atoms with Crippen LogP contribution in [-0.2, 0) is 0 Å². The lowest BCUT2D eigenvalue weighted by atomic mass is 10.2. The average Bonchev–Trinajstić information content (AvgIpc) is 2.81. The first-order valence-corrected chi connectivity index (χ1v) is 6.92. The van der Waals surface area contributed by atoms with Crippen molar-refractivity contribution < 1.29 is 0 Å². The molecule has 1 aromatic heterocycles. The van der Waals surface area contributed by atoms with Gasteiger partial charge in [-0.15, -0.1) is 11.3 Å². The fraction of sp³-hybridized carbons (Fsp3) is 0.231. The molecule has 0 aliphatic heterocycles. The fourth-order valence-corrected chi connectivity index (χ4v) is 3.13. The van der Waals surface area contributed by atoms with E-state index in [1.54, 1.807) is 17.4 Å². The Hall–Kier alpha value is -0.540. The molecule has 1 aromatic carbocycles. The summed E-state index contributed by atoms with van der Waals surface area (Å²) in [6.45, 7) is 2.13. The van der Waals surface area contributed by atoms with Crippen LogP contribution in [0.5, 0.6) is 0 Å². The Kier molecular flexibility index (Phi) is 4.10. The second-order valence-electron chi connectivity index (χ2n) is 3.81. The lowest BCUT2D eigenvalue weighted by Gasteiger charge is -2.06. The molecule has 2 aromatic rings. The second kappa shape index (κ2) is 5.40. The van der Waals surface area contributed by atoms with E-state index in [1.807, 2.05) is 19.2 Å². The number of hydrogen-bond acceptors (Lipinski definition) is 2. The van der Waals surface area contributed by atoms with Gasteiger partial charge in [0, 0.05) is 21.4 Å². The first-order chi connectivity index (χ1) is 8.13. The van der Waals surface area contributed by atoms with Gasteiger partial charge in [-0.25, -0.2) is 0 Å². The number of benzene rings is 1. The predicted octanol–water partition coefficient (Wildman–Crippen LogP) is 5.00. The van der Waals surface area contributed by atoms with Gasteiger partial charge in [-0.3, -0.25) is 0 Å². The summed E-state index contributed by atoms with van der Waals surface area (Å²) in [6.07, 6.45) is 0. The van der Waals surface area contributed by atoms with Crippen LogP contribution < -0.4 is 5.32 Å². The molecule has 0 saturated carbocycles. The fourth-order valence-electron chi connectivity index (χ4n) is 1.57. The number of rotatable bonds is 3. The van der Waals surface area contributed by atoms with Crippen molar-refractivity contribution in [3.63, 3.8) is 0 Å². The molecule has 4 heteroatoms. The minimum Gasteiger partial charge on any atom is -0.313 e. The summed E-state index contributed by atoms with van der Waals surface area (Å²) >= 11 is 14.0. The Bertz CT molecular complexity index is 522. The maximum atomic E-state index is 6.21. The van der Waals surface area contributed by atoms with Crippen molar-refractivity contribution in [1.82, 2.24) is 5.32 Å². The van der Waals surface area contributed by atoms with Gasteiger partial charge in [-0.2, -0.15) is 0 Å². The minimum absolute atomic E-state index is 0.353. The molecule has 0 bridgehead atoms. The van der Waals surface area contributed by atoms with Crippen LogP contribution in [0.15, 0.2) is 30.3 Å². The van der Waals surface area contributed by atoms with Gasteiger partial charge in [-0.05, 0) is 32.2 Å². The van der Waals surface area contributed by atoms with Crippen LogP contribution in [0.25, 0.3) is 10.4 Å². The summed E-state index contributed by atoms with van der Waals surface area (Å²) in [5.41, 5.74) is 0.999. The molecule has 0 amide bonds. The SMILES string of the molecule is CNC(C)c1ccc(-c2cccc(Cl)c2Cl)s1. The van der Waals surface area contributed by atoms with Gasteiger partial charge in [0.15, 0.2) is 0 Å². The Morgan fingerprint density at radius 2 is 1.94 bits per heavy atom. The van der Waals surface area contributed by atoms with Crippen molar-refractivity contribution in [3.8, 4) is 10.4 Å². The Balaban J connectivity index is 2.40. The monoisotopic (exact) mass is 285 g/mol. The van der Waals surface area contributed by atoms with E-state index >= 15 is 0 Å². The van der Waals surface area contributed by atoms with E-state index in [4.69, 9.17) is 23.2 Å². The van der Waals surface area contributed by atoms with Crippen molar-refractivity contribution in [2.75, 3.05) is 7.05 Å². The minimum atomic E-state index is 0.353. The average molecular weight is 286 g/mol. The summed E-state index contributed by atoms with van der Waals surface area (Å²) in [7, 11) is 1.95. The van der Waals surface area contributed by atoms with Crippen molar-refractivity contribution in [2.24, 2.45) is 0 Å². The van der Waals surface area contributed by atoms with Gasteiger partial charge in [0.1, 0.15) is 0 Å². The van der Waals surface area contributed by atoms with Gasteiger partial charge in [0.05, 0.1) is 10.0 Å². The molecule has 0 saturated heterocycles. The first kappa shape index (κ1) is 12.9. The van der Waals surface area contributed by atoms with Crippen molar-refractivity contribution in [1.29, 1.82) is 0 Å². The third-order valence-corrected chi connectivity index (χ3v) is 4.82. The molecular formula is C13H13Cl2NS. The zero-order chi connectivity index (χ0) is 12.4. The standard InChI is InChI=1S/C13H13Cl2NS/c1-8(16-2)11-6-7-12(17-11)9-4-3-5-10(14)13(9)15/h3-8,16H,1-2H3. The summed E-state index contributed by atoms with van der Waals surface area (Å²) in [5.74, 6) is 0. The molecule has 1 unspecified atom stereocenters. The molecular weight excluding hydrogens is 273 g/mol. The Morgan fingerprint density at radius 1 is 1.18 bits per heavy atom. The second-order valence-corrected chi connectivity index (χ2v) is 5.71. The topological polar surface area (TPSA) is 12.0 Å². The van der Waals surface area contributed by atoms with Gasteiger partial charge < -0.3 is 5.32 Å². The Morgan fingerprint density at radius 3 is 2.65 bits per heavy atom. The van der Waals surface area contributed by atoms with Crippen LogP contribution in [0.4, 0.5) is 0 Å². The third-order valence-electron chi connectivity index (χ3n) is 2.70. The lowest BCUT2D eigenvalue weighted by molar-refractivity contribution is 0.664. The normalized spacial score (nSPS) is 12.7. The number of thiophene rings is 1. The van der Waals surface area contributed by atoms with Crippen molar-refractivity contribution >= 4 is 34.5 Å². The summed E-state index contributed by atoms with van der Waals surface area (Å²) in [4.78, 5) is 2.44. The van der Waals surface area contributed by atoms with E-state index in [-0.39, 0.29) is 0 Å². The Labute approximate surface area is 115 Å². The van der Waals surface area contributed by atoms with Crippen LogP contribution in [0, 0.1) is 0 Å². The van der Waals surface area contributed by atoms with E-state index < -0.39 is 0 Å². The van der Waals surface area contributed by atoms with Crippen LogP contribution >= 0.6 is 34.5 Å². The molecule has 0 radical (unpaired) electrons. The molecule has 1 atom stereocenters. The van der Waals surface area contributed by atoms with Crippen LogP contribution in [0.3, 0.4) is 0 Å². The molecule has 1 nitrogen and oxygen atoms in total. The smallest absolute Gasteiger partial charge is 0.0678 e. The third kappa shape index (κ3) is 2.66. The summed E-state index contributed by atoms with van der Waals surface area (Å²) in [5, 5.41) is 4.45. The van der Waals surface area contributed by atoms with Gasteiger partial charge >= 0.3 is 0 Å². The molecule has 1 heterocycles. The molecule has 1 N–H and O–H groups in total. The van der Waals surface area contributed by atoms with Crippen molar-refractivity contribution in [2.45, 2.75) is 13.0 Å². The number of hydrogen-bond donors (Lipinski definition) is 1. The quantitative estimate of drug-likeness (QED) is 0.837. The molecule has 0 aliphatic rings. The van der Waals surface area contributed by atoms with Crippen molar-refractivity contribution in [3.05, 3.63) is 45.3 Å². The molecule has 0 aliphatic carbocycles. The van der Waals surface area contributed by atoms with Gasteiger partial charge in [-0.1, -0.05) is 35.3 Å². The van der Waals surface area contributed by atoms with Crippen LogP contribution in [-0.4, -0.2) is 7.05 Å². The number of halogens is 2. The number of nitrogens with one attached hydrogen (secondary N) is 1. The zero-order valence-corrected chi connectivity index (χ0v) is 12.0.